The largest absolute Gasteiger partial charge is 0.326 e. The lowest BCUT2D eigenvalue weighted by atomic mass is 10.2. The Balaban J connectivity index is 1.96. The Morgan fingerprint density at radius 3 is 2.79 bits per heavy atom. The highest BCUT2D eigenvalue weighted by Crippen LogP contribution is 2.30. The molecule has 1 unspecified atom stereocenters. The molecular formula is C9H14N2O2S. The monoisotopic (exact) mass is 214 g/mol. The van der Waals surface area contributed by atoms with Crippen LogP contribution in [0.25, 0.3) is 0 Å². The molecule has 1 heterocycles. The quantitative estimate of drug-likeness (QED) is 0.705. The van der Waals surface area contributed by atoms with Crippen LogP contribution in [0.15, 0.2) is 0 Å². The molecule has 0 aromatic carbocycles. The van der Waals surface area contributed by atoms with Gasteiger partial charge < -0.3 is 5.32 Å². The van der Waals surface area contributed by atoms with Crippen LogP contribution in [-0.2, 0) is 4.79 Å². The van der Waals surface area contributed by atoms with Crippen molar-refractivity contribution in [2.75, 3.05) is 12.0 Å². The number of carbonyl (C=O) groups is 2. The van der Waals surface area contributed by atoms with E-state index in [0.717, 1.165) is 25.0 Å². The number of hydrogen-bond donors (Lipinski definition) is 1. The molecule has 0 aromatic heterocycles. The average Bonchev–Trinajstić information content (AvgIpc) is 2.92. The molecule has 1 N–H and O–H groups in total. The fourth-order valence-corrected chi connectivity index (χ4v) is 2.13. The molecule has 0 radical (unpaired) electrons. The van der Waals surface area contributed by atoms with Crippen LogP contribution in [0, 0.1) is 0 Å². The van der Waals surface area contributed by atoms with Gasteiger partial charge in [-0.25, -0.2) is 4.79 Å². The Hall–Kier alpha value is -0.710. The molecule has 1 atom stereocenters. The number of nitrogens with zero attached hydrogens (tertiary/aromatic N) is 1. The third-order valence-electron chi connectivity index (χ3n) is 2.57. The summed E-state index contributed by atoms with van der Waals surface area (Å²) >= 11 is 1.69. The van der Waals surface area contributed by atoms with Gasteiger partial charge in [0.15, 0.2) is 0 Å². The summed E-state index contributed by atoms with van der Waals surface area (Å²) in [6.45, 7) is 0. The second kappa shape index (κ2) is 3.81. The van der Waals surface area contributed by atoms with Crippen LogP contribution in [0.3, 0.4) is 0 Å². The van der Waals surface area contributed by atoms with E-state index in [1.54, 1.807) is 11.8 Å². The standard InChI is InChI=1S/C9H14N2O2S/c1-14-5-4-7-8(12)11(6-2-3-6)9(13)10-7/h6-7H,2-5H2,1H3,(H,10,13). The molecule has 1 aliphatic heterocycles. The maximum absolute atomic E-state index is 11.7. The second-order valence-electron chi connectivity index (χ2n) is 3.72. The number of urea groups is 1. The topological polar surface area (TPSA) is 49.4 Å². The van der Waals surface area contributed by atoms with E-state index in [1.807, 2.05) is 6.26 Å². The van der Waals surface area contributed by atoms with Gasteiger partial charge in [0, 0.05) is 6.04 Å². The minimum atomic E-state index is -0.268. The summed E-state index contributed by atoms with van der Waals surface area (Å²) in [4.78, 5) is 24.6. The summed E-state index contributed by atoms with van der Waals surface area (Å²) in [5.41, 5.74) is 0. The van der Waals surface area contributed by atoms with E-state index in [-0.39, 0.29) is 24.0 Å². The number of imide groups is 1. The van der Waals surface area contributed by atoms with Gasteiger partial charge >= 0.3 is 6.03 Å². The van der Waals surface area contributed by atoms with E-state index < -0.39 is 0 Å². The van der Waals surface area contributed by atoms with E-state index in [1.165, 1.54) is 4.90 Å². The van der Waals surface area contributed by atoms with E-state index >= 15 is 0 Å². The van der Waals surface area contributed by atoms with Crippen molar-refractivity contribution in [3.05, 3.63) is 0 Å². The Morgan fingerprint density at radius 2 is 2.21 bits per heavy atom. The van der Waals surface area contributed by atoms with Crippen molar-refractivity contribution < 1.29 is 9.59 Å². The van der Waals surface area contributed by atoms with Crippen molar-refractivity contribution in [3.63, 3.8) is 0 Å². The number of carbonyl (C=O) groups excluding carboxylic acids is 2. The molecule has 78 valence electrons. The lowest BCUT2D eigenvalue weighted by Gasteiger charge is -2.10. The van der Waals surface area contributed by atoms with Crippen LogP contribution in [-0.4, -0.2) is 40.9 Å². The number of hydrogen-bond acceptors (Lipinski definition) is 3. The van der Waals surface area contributed by atoms with E-state index in [9.17, 15) is 9.59 Å². The molecule has 14 heavy (non-hydrogen) atoms. The van der Waals surface area contributed by atoms with Gasteiger partial charge in [0.05, 0.1) is 0 Å². The number of rotatable bonds is 4. The van der Waals surface area contributed by atoms with Gasteiger partial charge in [0.25, 0.3) is 5.91 Å². The predicted molar refractivity (Wildman–Crippen MR) is 55.2 cm³/mol. The lowest BCUT2D eigenvalue weighted by Crippen LogP contribution is -2.33. The highest BCUT2D eigenvalue weighted by molar-refractivity contribution is 7.98. The molecule has 1 saturated carbocycles. The lowest BCUT2D eigenvalue weighted by molar-refractivity contribution is -0.127. The first-order valence-corrected chi connectivity index (χ1v) is 6.26. The molecule has 1 aliphatic carbocycles. The van der Waals surface area contributed by atoms with Crippen molar-refractivity contribution in [2.24, 2.45) is 0 Å². The Bertz CT molecular complexity index is 266. The molecule has 5 heteroatoms. The molecule has 4 nitrogen and oxygen atoms in total. The molecule has 0 bridgehead atoms. The molecule has 1 saturated heterocycles. The fraction of sp³-hybridized carbons (Fsp3) is 0.778. The molecule has 0 aromatic rings. The predicted octanol–water partition coefficient (Wildman–Crippen LogP) is 0.822. The van der Waals surface area contributed by atoms with Gasteiger partial charge in [-0.2, -0.15) is 11.8 Å². The normalized spacial score (nSPS) is 26.9. The maximum atomic E-state index is 11.7. The number of amides is 3. The SMILES string of the molecule is CSCCC1NC(=O)N(C2CC2)C1=O. The zero-order valence-electron chi connectivity index (χ0n) is 8.16. The highest BCUT2D eigenvalue weighted by atomic mass is 32.2. The first-order valence-electron chi connectivity index (χ1n) is 4.86. The third-order valence-corrected chi connectivity index (χ3v) is 3.22. The zero-order chi connectivity index (χ0) is 10.1. The van der Waals surface area contributed by atoms with Crippen molar-refractivity contribution >= 4 is 23.7 Å². The first kappa shape index (κ1) is 9.83. The van der Waals surface area contributed by atoms with Crippen molar-refractivity contribution in [1.29, 1.82) is 0 Å². The van der Waals surface area contributed by atoms with Gasteiger partial charge in [0.1, 0.15) is 6.04 Å². The summed E-state index contributed by atoms with van der Waals surface area (Å²) in [5, 5.41) is 2.73. The summed E-state index contributed by atoms with van der Waals surface area (Å²) in [6.07, 6.45) is 4.71. The Labute approximate surface area is 87.4 Å². The molecule has 2 fully saturated rings. The summed E-state index contributed by atoms with van der Waals surface area (Å²) in [5.74, 6) is 0.890. The van der Waals surface area contributed by atoms with Crippen LogP contribution < -0.4 is 5.32 Å². The summed E-state index contributed by atoms with van der Waals surface area (Å²) < 4.78 is 0. The van der Waals surface area contributed by atoms with Crippen LogP contribution in [0.1, 0.15) is 19.3 Å². The van der Waals surface area contributed by atoms with Gasteiger partial charge in [-0.1, -0.05) is 0 Å². The van der Waals surface area contributed by atoms with Crippen molar-refractivity contribution in [2.45, 2.75) is 31.3 Å². The smallest absolute Gasteiger partial charge is 0.325 e. The molecule has 2 rings (SSSR count). The molecule has 3 amide bonds. The average molecular weight is 214 g/mol. The van der Waals surface area contributed by atoms with Crippen LogP contribution >= 0.6 is 11.8 Å². The van der Waals surface area contributed by atoms with Crippen LogP contribution in [0.4, 0.5) is 4.79 Å². The van der Waals surface area contributed by atoms with E-state index in [0.29, 0.717) is 0 Å². The van der Waals surface area contributed by atoms with Crippen LogP contribution in [0.5, 0.6) is 0 Å². The highest BCUT2D eigenvalue weighted by Gasteiger charge is 2.45. The Kier molecular flexibility index (Phi) is 2.67. The minimum Gasteiger partial charge on any atom is -0.326 e. The third kappa shape index (κ3) is 1.73. The van der Waals surface area contributed by atoms with Crippen molar-refractivity contribution in [3.8, 4) is 0 Å². The molecule has 0 spiro atoms. The fourth-order valence-electron chi connectivity index (χ4n) is 1.66. The van der Waals surface area contributed by atoms with Gasteiger partial charge in [-0.05, 0) is 31.3 Å². The minimum absolute atomic E-state index is 0.0217. The number of nitrogens with one attached hydrogen (secondary N) is 1. The Morgan fingerprint density at radius 1 is 1.50 bits per heavy atom. The van der Waals surface area contributed by atoms with Gasteiger partial charge in [0.2, 0.25) is 0 Å². The molecule has 2 aliphatic rings. The summed E-state index contributed by atoms with van der Waals surface area (Å²) in [7, 11) is 0. The second-order valence-corrected chi connectivity index (χ2v) is 4.71. The van der Waals surface area contributed by atoms with Gasteiger partial charge in [-0.15, -0.1) is 0 Å². The van der Waals surface area contributed by atoms with Gasteiger partial charge in [-0.3, -0.25) is 9.69 Å². The zero-order valence-corrected chi connectivity index (χ0v) is 8.97. The van der Waals surface area contributed by atoms with Crippen LogP contribution in [0.2, 0.25) is 0 Å². The first-order chi connectivity index (χ1) is 6.74. The van der Waals surface area contributed by atoms with Crippen molar-refractivity contribution in [1.82, 2.24) is 10.2 Å². The van der Waals surface area contributed by atoms with E-state index in [4.69, 9.17) is 0 Å². The van der Waals surface area contributed by atoms with E-state index in [2.05, 4.69) is 5.32 Å². The molecular weight excluding hydrogens is 200 g/mol. The number of thioether (sulfide) groups is 1. The summed E-state index contributed by atoms with van der Waals surface area (Å²) in [6, 6.07) is -0.263. The maximum Gasteiger partial charge on any atom is 0.325 e.